The van der Waals surface area contributed by atoms with Gasteiger partial charge in [0.15, 0.2) is 11.9 Å². The summed E-state index contributed by atoms with van der Waals surface area (Å²) in [5, 5.41) is 21.3. The minimum absolute atomic E-state index is 0.134. The van der Waals surface area contributed by atoms with Crippen molar-refractivity contribution < 1.29 is 24.2 Å². The zero-order chi connectivity index (χ0) is 25.7. The normalized spacial score (nSPS) is 24.3. The van der Waals surface area contributed by atoms with Crippen LogP contribution >= 0.6 is 23.5 Å². The molecule has 1 N–H and O–H groups in total. The molecule has 2 aliphatic rings. The zero-order valence-electron chi connectivity index (χ0n) is 20.3. The van der Waals surface area contributed by atoms with E-state index in [9.17, 15) is 19.5 Å². The molecular formula is C23H27N5O5S2. The number of hydrogen-bond acceptors (Lipinski definition) is 9. The number of benzene rings is 1. The Bertz CT molecular complexity index is 1220. The van der Waals surface area contributed by atoms with Crippen LogP contribution in [-0.2, 0) is 27.8 Å². The van der Waals surface area contributed by atoms with Gasteiger partial charge in [0.1, 0.15) is 5.37 Å². The number of aromatic nitrogens is 4. The van der Waals surface area contributed by atoms with E-state index < -0.39 is 26.9 Å². The van der Waals surface area contributed by atoms with E-state index >= 15 is 0 Å². The molecule has 0 saturated carbocycles. The topological polar surface area (TPSA) is 128 Å². The molecule has 35 heavy (non-hydrogen) atoms. The summed E-state index contributed by atoms with van der Waals surface area (Å²) in [6.07, 6.45) is -0.237. The highest BCUT2D eigenvalue weighted by Crippen LogP contribution is 2.59. The molecule has 2 aromatic rings. The maximum absolute atomic E-state index is 13.7. The van der Waals surface area contributed by atoms with Crippen LogP contribution in [0, 0.1) is 5.41 Å². The standard InChI is InChI=1S/C23H27N5O5S2/c1-12-15(17(29)22(2,3)4)28-18(30)16(33-6)19(28)34-23(12,35-21-24-25-26-27(21)5)11-13-7-9-14(10-8-13)20(31)32/h7-10,16,19H,11H2,1-6H3,(H,31,32)/t16-,19-,23?/m0/s1. The van der Waals surface area contributed by atoms with Crippen LogP contribution in [0.4, 0.5) is 0 Å². The molecule has 3 heterocycles. The fourth-order valence-corrected chi connectivity index (χ4v) is 7.41. The predicted molar refractivity (Wildman–Crippen MR) is 131 cm³/mol. The fraction of sp³-hybridized carbons (Fsp3) is 0.478. The Balaban J connectivity index is 1.88. The number of β-lactam (4-membered cyclic amide) rings is 1. The molecule has 4 rings (SSSR count). The van der Waals surface area contributed by atoms with Gasteiger partial charge in [-0.15, -0.1) is 16.9 Å². The van der Waals surface area contributed by atoms with Crippen molar-refractivity contribution >= 4 is 41.2 Å². The summed E-state index contributed by atoms with van der Waals surface area (Å²) < 4.78 is 6.29. The molecule has 1 aromatic heterocycles. The molecule has 12 heteroatoms. The number of Topliss-reactive ketones (excluding diaryl/α,β-unsaturated/α-hetero) is 1. The van der Waals surface area contributed by atoms with Crippen LogP contribution in [0.25, 0.3) is 0 Å². The van der Waals surface area contributed by atoms with Gasteiger partial charge in [-0.1, -0.05) is 44.7 Å². The smallest absolute Gasteiger partial charge is 0.335 e. The molecule has 3 atom stereocenters. The summed E-state index contributed by atoms with van der Waals surface area (Å²) in [5.41, 5.74) is 1.46. The highest BCUT2D eigenvalue weighted by Gasteiger charge is 2.60. The summed E-state index contributed by atoms with van der Waals surface area (Å²) in [7, 11) is 3.23. The number of tetrazole rings is 1. The van der Waals surface area contributed by atoms with Gasteiger partial charge in [-0.25, -0.2) is 9.48 Å². The maximum Gasteiger partial charge on any atom is 0.335 e. The van der Waals surface area contributed by atoms with Gasteiger partial charge in [-0.05, 0) is 40.6 Å². The summed E-state index contributed by atoms with van der Waals surface area (Å²) >= 11 is 2.94. The van der Waals surface area contributed by atoms with Gasteiger partial charge >= 0.3 is 5.97 Å². The molecule has 2 aliphatic heterocycles. The lowest BCUT2D eigenvalue weighted by molar-refractivity contribution is -0.160. The second-order valence-electron chi connectivity index (χ2n) is 9.54. The number of allylic oxidation sites excluding steroid dienone is 1. The number of thioether (sulfide) groups is 2. The van der Waals surface area contributed by atoms with E-state index in [0.717, 1.165) is 11.1 Å². The third kappa shape index (κ3) is 4.38. The van der Waals surface area contributed by atoms with Crippen LogP contribution < -0.4 is 0 Å². The predicted octanol–water partition coefficient (Wildman–Crippen LogP) is 2.76. The van der Waals surface area contributed by atoms with E-state index in [1.165, 1.54) is 30.6 Å². The minimum atomic E-state index is -1.00. The van der Waals surface area contributed by atoms with Crippen LogP contribution in [0.1, 0.15) is 43.6 Å². The number of rotatable bonds is 7. The largest absolute Gasteiger partial charge is 0.478 e. The number of carboxylic acids is 1. The SMILES string of the molecule is CO[C@H]1C(=O)N2C(C(=O)C(C)(C)C)=C(C)C(Cc3ccc(C(=O)O)cc3)(Sc3nnnn3C)S[C@@H]12. The molecule has 0 aliphatic carbocycles. The third-order valence-corrected chi connectivity index (χ3v) is 9.48. The zero-order valence-corrected chi connectivity index (χ0v) is 21.9. The van der Waals surface area contributed by atoms with Crippen molar-refractivity contribution in [3.63, 3.8) is 0 Å². The Kier molecular flexibility index (Phi) is 6.58. The van der Waals surface area contributed by atoms with Gasteiger partial charge in [0, 0.05) is 26.0 Å². The number of carboxylic acid groups (broad SMARTS) is 1. The Labute approximate surface area is 211 Å². The van der Waals surface area contributed by atoms with Crippen LogP contribution in [-0.4, -0.2) is 70.5 Å². The molecular weight excluding hydrogens is 490 g/mol. The van der Waals surface area contributed by atoms with E-state index in [1.54, 1.807) is 40.9 Å². The number of nitrogens with zero attached hydrogens (tertiary/aromatic N) is 5. The molecule has 10 nitrogen and oxygen atoms in total. The highest BCUT2D eigenvalue weighted by atomic mass is 32.2. The maximum atomic E-state index is 13.7. The number of aryl methyl sites for hydroxylation is 1. The second-order valence-corrected chi connectivity index (χ2v) is 12.5. The van der Waals surface area contributed by atoms with Crippen LogP contribution in [0.3, 0.4) is 0 Å². The van der Waals surface area contributed by atoms with Crippen molar-refractivity contribution in [2.45, 2.75) is 54.8 Å². The molecule has 0 spiro atoms. The third-order valence-electron chi connectivity index (χ3n) is 6.10. The van der Waals surface area contributed by atoms with Crippen LogP contribution in [0.2, 0.25) is 0 Å². The summed E-state index contributed by atoms with van der Waals surface area (Å²) in [6.45, 7) is 7.36. The van der Waals surface area contributed by atoms with E-state index in [4.69, 9.17) is 4.74 Å². The number of carbonyl (C=O) groups is 3. The molecule has 186 valence electrons. The van der Waals surface area contributed by atoms with Gasteiger partial charge in [-0.3, -0.25) is 14.5 Å². The van der Waals surface area contributed by atoms with Gasteiger partial charge in [0.25, 0.3) is 5.91 Å². The van der Waals surface area contributed by atoms with E-state index in [2.05, 4.69) is 15.5 Å². The lowest BCUT2D eigenvalue weighted by Gasteiger charge is -2.55. The van der Waals surface area contributed by atoms with E-state index in [1.807, 2.05) is 27.7 Å². The van der Waals surface area contributed by atoms with Crippen molar-refractivity contribution in [3.8, 4) is 0 Å². The number of methoxy groups -OCH3 is 1. The monoisotopic (exact) mass is 517 g/mol. The average Bonchev–Trinajstić information content (AvgIpc) is 3.19. The lowest BCUT2D eigenvalue weighted by atomic mass is 9.84. The fourth-order valence-electron chi connectivity index (χ4n) is 4.09. The molecule has 1 aromatic carbocycles. The Morgan fingerprint density at radius 1 is 1.26 bits per heavy atom. The van der Waals surface area contributed by atoms with Crippen molar-refractivity contribution in [2.24, 2.45) is 12.5 Å². The summed E-state index contributed by atoms with van der Waals surface area (Å²) in [6, 6.07) is 6.66. The van der Waals surface area contributed by atoms with Crippen molar-refractivity contribution in [1.82, 2.24) is 25.1 Å². The van der Waals surface area contributed by atoms with Crippen molar-refractivity contribution in [1.29, 1.82) is 0 Å². The van der Waals surface area contributed by atoms with Gasteiger partial charge in [0.2, 0.25) is 5.16 Å². The molecule has 1 fully saturated rings. The van der Waals surface area contributed by atoms with E-state index in [-0.39, 0.29) is 17.3 Å². The number of ketones is 1. The Morgan fingerprint density at radius 2 is 1.91 bits per heavy atom. The van der Waals surface area contributed by atoms with Gasteiger partial charge < -0.3 is 9.84 Å². The number of carbonyl (C=O) groups excluding carboxylic acids is 2. The first-order chi connectivity index (χ1) is 16.4. The number of hydrogen-bond donors (Lipinski definition) is 1. The molecule has 0 radical (unpaired) electrons. The first-order valence-electron chi connectivity index (χ1n) is 10.9. The quantitative estimate of drug-likeness (QED) is 0.548. The van der Waals surface area contributed by atoms with Crippen LogP contribution in [0.15, 0.2) is 40.7 Å². The van der Waals surface area contributed by atoms with Gasteiger partial charge in [-0.2, -0.15) is 0 Å². The van der Waals surface area contributed by atoms with Gasteiger partial charge in [0.05, 0.1) is 15.3 Å². The first-order valence-corrected chi connectivity index (χ1v) is 12.6. The van der Waals surface area contributed by atoms with Crippen molar-refractivity contribution in [2.75, 3.05) is 7.11 Å². The summed E-state index contributed by atoms with van der Waals surface area (Å²) in [4.78, 5) is 39.5. The second kappa shape index (κ2) is 9.07. The average molecular weight is 518 g/mol. The Hall–Kier alpha value is -2.70. The van der Waals surface area contributed by atoms with Crippen LogP contribution in [0.5, 0.6) is 0 Å². The molecule has 1 amide bonds. The minimum Gasteiger partial charge on any atom is -0.478 e. The lowest BCUT2D eigenvalue weighted by Crippen LogP contribution is -2.68. The number of fused-ring (bicyclic) bond motifs is 1. The van der Waals surface area contributed by atoms with Crippen molar-refractivity contribution in [3.05, 3.63) is 46.7 Å². The van der Waals surface area contributed by atoms with E-state index in [0.29, 0.717) is 17.3 Å². The number of amides is 1. The molecule has 1 saturated heterocycles. The Morgan fingerprint density at radius 3 is 2.43 bits per heavy atom. The summed E-state index contributed by atoms with van der Waals surface area (Å²) in [5.74, 6) is -1.37. The highest BCUT2D eigenvalue weighted by molar-refractivity contribution is 8.18. The number of aromatic carboxylic acids is 1. The molecule has 1 unspecified atom stereocenters. The first kappa shape index (κ1) is 25.4. The molecule has 0 bridgehead atoms. The number of ether oxygens (including phenoxy) is 1.